The summed E-state index contributed by atoms with van der Waals surface area (Å²) in [4.78, 5) is 7.57. The van der Waals surface area contributed by atoms with Crippen LogP contribution in [0.3, 0.4) is 0 Å². The lowest BCUT2D eigenvalue weighted by Crippen LogP contribution is -2.43. The maximum atomic E-state index is 13.0. The number of halogens is 3. The Labute approximate surface area is 209 Å². The van der Waals surface area contributed by atoms with Gasteiger partial charge in [0.1, 0.15) is 0 Å². The highest BCUT2D eigenvalue weighted by Crippen LogP contribution is 2.34. The lowest BCUT2D eigenvalue weighted by atomic mass is 10.1. The molecule has 4 nitrogen and oxygen atoms in total. The van der Waals surface area contributed by atoms with Gasteiger partial charge in [-0.25, -0.2) is 0 Å². The van der Waals surface area contributed by atoms with Crippen LogP contribution in [-0.4, -0.2) is 43.5 Å². The molecule has 2 heterocycles. The fourth-order valence-corrected chi connectivity index (χ4v) is 5.50. The Morgan fingerprint density at radius 1 is 1.00 bits per heavy atom. The number of alkyl halides is 3. The average Bonchev–Trinajstić information content (AvgIpc) is 2.85. The van der Waals surface area contributed by atoms with E-state index >= 15 is 0 Å². The number of unbranched alkanes of at least 4 members (excludes halogenated alkanes) is 3. The van der Waals surface area contributed by atoms with Crippen molar-refractivity contribution < 1.29 is 13.2 Å². The Balaban J connectivity index is 1.15. The number of piperazine rings is 1. The summed E-state index contributed by atoms with van der Waals surface area (Å²) in [7, 11) is 0. The lowest BCUT2D eigenvalue weighted by molar-refractivity contribution is -0.137. The third-order valence-corrected chi connectivity index (χ3v) is 7.50. The molecule has 4 rings (SSSR count). The van der Waals surface area contributed by atoms with E-state index in [2.05, 4.69) is 45.6 Å². The Hall–Kier alpha value is -2.45. The van der Waals surface area contributed by atoms with Gasteiger partial charge in [0, 0.05) is 60.6 Å². The van der Waals surface area contributed by atoms with E-state index in [0.717, 1.165) is 86.6 Å². The van der Waals surface area contributed by atoms with Gasteiger partial charge in [-0.3, -0.25) is 4.98 Å². The molecule has 0 bridgehead atoms. The van der Waals surface area contributed by atoms with Gasteiger partial charge in [-0.05, 0) is 67.5 Å². The number of pyridine rings is 1. The number of thioether (sulfide) groups is 1. The van der Waals surface area contributed by atoms with Crippen molar-refractivity contribution in [1.29, 1.82) is 0 Å². The molecule has 0 radical (unpaired) electrons. The molecule has 1 aliphatic rings. The Morgan fingerprint density at radius 3 is 2.57 bits per heavy atom. The molecule has 0 amide bonds. The summed E-state index contributed by atoms with van der Waals surface area (Å²) in [6, 6.07) is 12.3. The van der Waals surface area contributed by atoms with Crippen molar-refractivity contribution in [3.05, 3.63) is 59.8 Å². The molecule has 1 aromatic heterocycles. The molecule has 0 spiro atoms. The zero-order chi connectivity index (χ0) is 24.7. The molecular formula is C27H33F3N4S. The van der Waals surface area contributed by atoms with Gasteiger partial charge in [0.15, 0.2) is 0 Å². The minimum atomic E-state index is -4.35. The number of nitrogens with one attached hydrogen (secondary N) is 2. The molecule has 0 aliphatic carbocycles. The van der Waals surface area contributed by atoms with Crippen LogP contribution >= 0.6 is 11.8 Å². The quantitative estimate of drug-likeness (QED) is 0.237. The molecule has 2 aromatic carbocycles. The number of fused-ring (bicyclic) bond motifs is 1. The van der Waals surface area contributed by atoms with E-state index < -0.39 is 11.7 Å². The second kappa shape index (κ2) is 12.0. The van der Waals surface area contributed by atoms with E-state index in [4.69, 9.17) is 0 Å². The normalized spacial score (nSPS) is 14.5. The zero-order valence-corrected chi connectivity index (χ0v) is 20.9. The number of hydrogen-bond donors (Lipinski definition) is 2. The van der Waals surface area contributed by atoms with Crippen LogP contribution in [0, 0.1) is 6.92 Å². The van der Waals surface area contributed by atoms with Gasteiger partial charge >= 0.3 is 6.18 Å². The highest BCUT2D eigenvalue weighted by atomic mass is 32.2. The first-order valence-corrected chi connectivity index (χ1v) is 13.3. The van der Waals surface area contributed by atoms with Gasteiger partial charge in [-0.2, -0.15) is 13.2 Å². The monoisotopic (exact) mass is 502 g/mol. The van der Waals surface area contributed by atoms with Crippen LogP contribution in [-0.2, 0) is 6.18 Å². The smallest absolute Gasteiger partial charge is 0.385 e. The number of nitrogens with zero attached hydrogens (tertiary/aromatic N) is 2. The summed E-state index contributed by atoms with van der Waals surface area (Å²) in [6.07, 6.45) is 1.72. The van der Waals surface area contributed by atoms with Crippen molar-refractivity contribution in [2.24, 2.45) is 0 Å². The van der Waals surface area contributed by atoms with Gasteiger partial charge in [0.25, 0.3) is 0 Å². The second-order valence-electron chi connectivity index (χ2n) is 8.97. The van der Waals surface area contributed by atoms with Gasteiger partial charge < -0.3 is 15.5 Å². The third kappa shape index (κ3) is 7.04. The average molecular weight is 503 g/mol. The minimum absolute atomic E-state index is 0.395. The van der Waals surface area contributed by atoms with Crippen LogP contribution in [0.4, 0.5) is 24.5 Å². The first-order chi connectivity index (χ1) is 16.9. The molecule has 1 aliphatic heterocycles. The Bertz CT molecular complexity index is 1110. The predicted octanol–water partition coefficient (Wildman–Crippen LogP) is 6.74. The summed E-state index contributed by atoms with van der Waals surface area (Å²) in [5, 5.41) is 7.73. The highest BCUT2D eigenvalue weighted by molar-refractivity contribution is 7.99. The van der Waals surface area contributed by atoms with Gasteiger partial charge in [0.2, 0.25) is 0 Å². The largest absolute Gasteiger partial charge is 0.416 e. The van der Waals surface area contributed by atoms with Gasteiger partial charge in [0.05, 0.1) is 11.1 Å². The number of benzene rings is 2. The van der Waals surface area contributed by atoms with E-state index in [0.29, 0.717) is 5.52 Å². The molecule has 35 heavy (non-hydrogen) atoms. The third-order valence-electron chi connectivity index (χ3n) is 6.34. The second-order valence-corrected chi connectivity index (χ2v) is 10.1. The van der Waals surface area contributed by atoms with Crippen LogP contribution < -0.4 is 15.5 Å². The van der Waals surface area contributed by atoms with Gasteiger partial charge in [-0.15, -0.1) is 11.8 Å². The number of anilines is 2. The summed E-state index contributed by atoms with van der Waals surface area (Å²) in [5.74, 6) is 0.945. The van der Waals surface area contributed by atoms with E-state index in [-0.39, 0.29) is 0 Å². The zero-order valence-electron chi connectivity index (χ0n) is 20.1. The van der Waals surface area contributed by atoms with E-state index in [1.807, 2.05) is 6.07 Å². The predicted molar refractivity (Wildman–Crippen MR) is 141 cm³/mol. The minimum Gasteiger partial charge on any atom is -0.385 e. The first-order valence-electron chi connectivity index (χ1n) is 12.3. The molecule has 3 aromatic rings. The van der Waals surface area contributed by atoms with Crippen LogP contribution in [0.25, 0.3) is 10.9 Å². The highest BCUT2D eigenvalue weighted by Gasteiger charge is 2.30. The van der Waals surface area contributed by atoms with Crippen LogP contribution in [0.5, 0.6) is 0 Å². The number of rotatable bonds is 10. The van der Waals surface area contributed by atoms with Crippen molar-refractivity contribution in [1.82, 2.24) is 10.3 Å². The molecule has 2 N–H and O–H groups in total. The molecule has 1 fully saturated rings. The van der Waals surface area contributed by atoms with Crippen molar-refractivity contribution in [2.75, 3.05) is 48.7 Å². The van der Waals surface area contributed by atoms with Crippen molar-refractivity contribution in [2.45, 2.75) is 43.7 Å². The standard InChI is InChI=1S/C27H33F3N4S/c1-20-18-22(7-9-25(20)34-15-13-31-14-16-34)32-11-4-2-3-5-17-35-26-10-12-33-24-19-21(27(28,29)30)6-8-23(24)26/h6-10,12,18-19,31-32H,2-5,11,13-17H2,1H3. The van der Waals surface area contributed by atoms with Crippen molar-refractivity contribution in [3.8, 4) is 0 Å². The maximum Gasteiger partial charge on any atom is 0.416 e. The van der Waals surface area contributed by atoms with Crippen molar-refractivity contribution >= 4 is 34.0 Å². The topological polar surface area (TPSA) is 40.2 Å². The van der Waals surface area contributed by atoms with Crippen LogP contribution in [0.1, 0.15) is 36.8 Å². The summed E-state index contributed by atoms with van der Waals surface area (Å²) < 4.78 is 38.9. The number of aromatic nitrogens is 1. The summed E-state index contributed by atoms with van der Waals surface area (Å²) in [6.45, 7) is 7.34. The number of aryl methyl sites for hydroxylation is 1. The van der Waals surface area contributed by atoms with E-state index in [1.54, 1.807) is 18.0 Å². The molecule has 0 atom stereocenters. The molecule has 8 heteroatoms. The fraction of sp³-hybridized carbons (Fsp3) is 0.444. The maximum absolute atomic E-state index is 13.0. The van der Waals surface area contributed by atoms with Crippen LogP contribution in [0.2, 0.25) is 0 Å². The molecule has 188 valence electrons. The molecule has 1 saturated heterocycles. The van der Waals surface area contributed by atoms with Crippen LogP contribution in [0.15, 0.2) is 53.6 Å². The molecule has 0 saturated carbocycles. The summed E-state index contributed by atoms with van der Waals surface area (Å²) >= 11 is 1.69. The fourth-order valence-electron chi connectivity index (χ4n) is 4.45. The Morgan fingerprint density at radius 2 is 1.80 bits per heavy atom. The van der Waals surface area contributed by atoms with E-state index in [9.17, 15) is 13.2 Å². The Kier molecular flexibility index (Phi) is 8.78. The first kappa shape index (κ1) is 25.6. The van der Waals surface area contributed by atoms with E-state index in [1.165, 1.54) is 23.0 Å². The number of hydrogen-bond acceptors (Lipinski definition) is 5. The van der Waals surface area contributed by atoms with Gasteiger partial charge in [-0.1, -0.05) is 18.9 Å². The van der Waals surface area contributed by atoms with Crippen molar-refractivity contribution in [3.63, 3.8) is 0 Å². The lowest BCUT2D eigenvalue weighted by Gasteiger charge is -2.31. The summed E-state index contributed by atoms with van der Waals surface area (Å²) in [5.41, 5.74) is 3.56. The molecular weight excluding hydrogens is 469 g/mol. The molecule has 0 unspecified atom stereocenters. The SMILES string of the molecule is Cc1cc(NCCCCCCSc2ccnc3cc(C(F)(F)F)ccc23)ccc1N1CCNCC1.